The van der Waals surface area contributed by atoms with Crippen LogP contribution in [0.1, 0.15) is 30.0 Å². The van der Waals surface area contributed by atoms with E-state index in [0.29, 0.717) is 5.56 Å². The van der Waals surface area contributed by atoms with E-state index in [-0.39, 0.29) is 0 Å². The van der Waals surface area contributed by atoms with Crippen LogP contribution in [0.15, 0.2) is 42.7 Å². The Morgan fingerprint density at radius 3 is 2.53 bits per heavy atom. The molecule has 19 heavy (non-hydrogen) atoms. The minimum Gasteiger partial charge on any atom is -0.354 e. The van der Waals surface area contributed by atoms with Crippen molar-refractivity contribution in [2.24, 2.45) is 0 Å². The quantitative estimate of drug-likeness (QED) is 0.859. The number of nitrogens with zero attached hydrogens (tertiary/aromatic N) is 2. The van der Waals surface area contributed by atoms with Crippen LogP contribution in [-0.4, -0.2) is 4.57 Å². The molecule has 0 aliphatic rings. The first-order valence-corrected chi connectivity index (χ1v) is 6.66. The van der Waals surface area contributed by atoms with Gasteiger partial charge >= 0.3 is 0 Å². The number of nitrogens with one attached hydrogen (secondary N) is 1. The van der Waals surface area contributed by atoms with E-state index >= 15 is 0 Å². The highest BCUT2D eigenvalue weighted by Crippen LogP contribution is 2.05. The maximum atomic E-state index is 8.73. The number of aromatic nitrogens is 1. The molecular weight excluding hydrogens is 234 g/mol. The molecule has 1 aromatic heterocycles. The minimum absolute atomic E-state index is 0.709. The van der Waals surface area contributed by atoms with E-state index in [4.69, 9.17) is 5.26 Å². The van der Waals surface area contributed by atoms with Crippen molar-refractivity contribution in [1.82, 2.24) is 9.88 Å². The topological polar surface area (TPSA) is 40.8 Å². The lowest BCUT2D eigenvalue weighted by Crippen LogP contribution is -2.12. The Morgan fingerprint density at radius 2 is 1.84 bits per heavy atom. The SMILES string of the molecule is CCCn1ccc(CNCc2ccc(C#N)cc2)c1. The van der Waals surface area contributed by atoms with E-state index in [2.05, 4.69) is 41.3 Å². The third-order valence-electron chi connectivity index (χ3n) is 3.03. The van der Waals surface area contributed by atoms with Crippen LogP contribution in [0.3, 0.4) is 0 Å². The lowest BCUT2D eigenvalue weighted by molar-refractivity contribution is 0.668. The van der Waals surface area contributed by atoms with Gasteiger partial charge in [0.2, 0.25) is 0 Å². The second-order valence-electron chi connectivity index (χ2n) is 4.67. The van der Waals surface area contributed by atoms with E-state index in [9.17, 15) is 0 Å². The van der Waals surface area contributed by atoms with Crippen LogP contribution >= 0.6 is 0 Å². The predicted octanol–water partition coefficient (Wildman–Crippen LogP) is 3.06. The predicted molar refractivity (Wildman–Crippen MR) is 76.4 cm³/mol. The molecule has 0 atom stereocenters. The highest BCUT2D eigenvalue weighted by molar-refractivity contribution is 5.31. The Kier molecular flexibility index (Phi) is 4.77. The van der Waals surface area contributed by atoms with Gasteiger partial charge in [-0.25, -0.2) is 0 Å². The second-order valence-corrected chi connectivity index (χ2v) is 4.67. The molecule has 0 aliphatic heterocycles. The van der Waals surface area contributed by atoms with Gasteiger partial charge < -0.3 is 9.88 Å². The molecule has 1 aromatic carbocycles. The van der Waals surface area contributed by atoms with Crippen molar-refractivity contribution < 1.29 is 0 Å². The fraction of sp³-hybridized carbons (Fsp3) is 0.312. The lowest BCUT2D eigenvalue weighted by atomic mass is 10.1. The monoisotopic (exact) mass is 253 g/mol. The van der Waals surface area contributed by atoms with Crippen molar-refractivity contribution in [3.05, 3.63) is 59.4 Å². The van der Waals surface area contributed by atoms with Gasteiger partial charge in [-0.1, -0.05) is 19.1 Å². The Morgan fingerprint density at radius 1 is 1.11 bits per heavy atom. The van der Waals surface area contributed by atoms with Crippen LogP contribution in [0.4, 0.5) is 0 Å². The maximum Gasteiger partial charge on any atom is 0.0991 e. The molecule has 2 aromatic rings. The summed E-state index contributed by atoms with van der Waals surface area (Å²) in [4.78, 5) is 0. The Labute approximate surface area is 114 Å². The molecule has 1 heterocycles. The Bertz CT molecular complexity index is 546. The molecule has 3 nitrogen and oxygen atoms in total. The van der Waals surface area contributed by atoms with Crippen molar-refractivity contribution >= 4 is 0 Å². The van der Waals surface area contributed by atoms with Gasteiger partial charge in [-0.2, -0.15) is 5.26 Å². The van der Waals surface area contributed by atoms with E-state index in [0.717, 1.165) is 26.1 Å². The standard InChI is InChI=1S/C16H19N3/c1-2-8-19-9-7-16(13-19)12-18-11-15-5-3-14(10-17)4-6-15/h3-7,9,13,18H,2,8,11-12H2,1H3. The lowest BCUT2D eigenvalue weighted by Gasteiger charge is -2.04. The number of hydrogen-bond donors (Lipinski definition) is 1. The smallest absolute Gasteiger partial charge is 0.0991 e. The normalized spacial score (nSPS) is 10.3. The van der Waals surface area contributed by atoms with Crippen molar-refractivity contribution in [3.63, 3.8) is 0 Å². The molecule has 0 spiro atoms. The number of hydrogen-bond acceptors (Lipinski definition) is 2. The third kappa shape index (κ3) is 3.97. The molecule has 2 rings (SSSR count). The first-order chi connectivity index (χ1) is 9.31. The summed E-state index contributed by atoms with van der Waals surface area (Å²) in [5.74, 6) is 0. The molecular formula is C16H19N3. The molecule has 3 heteroatoms. The largest absolute Gasteiger partial charge is 0.354 e. The zero-order valence-corrected chi connectivity index (χ0v) is 11.3. The van der Waals surface area contributed by atoms with E-state index < -0.39 is 0 Å². The zero-order valence-electron chi connectivity index (χ0n) is 11.3. The van der Waals surface area contributed by atoms with E-state index in [1.165, 1.54) is 11.1 Å². The van der Waals surface area contributed by atoms with E-state index in [1.54, 1.807) is 0 Å². The Hall–Kier alpha value is -2.05. The average Bonchev–Trinajstić information content (AvgIpc) is 2.88. The van der Waals surface area contributed by atoms with Gasteiger partial charge in [0.1, 0.15) is 0 Å². The number of benzene rings is 1. The van der Waals surface area contributed by atoms with Gasteiger partial charge in [0.15, 0.2) is 0 Å². The third-order valence-corrected chi connectivity index (χ3v) is 3.03. The van der Waals surface area contributed by atoms with Gasteiger partial charge in [-0.3, -0.25) is 0 Å². The summed E-state index contributed by atoms with van der Waals surface area (Å²) in [7, 11) is 0. The summed E-state index contributed by atoms with van der Waals surface area (Å²) in [6.07, 6.45) is 5.48. The summed E-state index contributed by atoms with van der Waals surface area (Å²) < 4.78 is 2.22. The highest BCUT2D eigenvalue weighted by atomic mass is 14.9. The molecule has 1 N–H and O–H groups in total. The summed E-state index contributed by atoms with van der Waals surface area (Å²) in [6.45, 7) is 4.96. The highest BCUT2D eigenvalue weighted by Gasteiger charge is 1.97. The number of aryl methyl sites for hydroxylation is 1. The van der Waals surface area contributed by atoms with Crippen LogP contribution in [0.5, 0.6) is 0 Å². The summed E-state index contributed by atoms with van der Waals surface area (Å²) in [5.41, 5.74) is 3.22. The van der Waals surface area contributed by atoms with Gasteiger partial charge in [0, 0.05) is 32.0 Å². The molecule has 0 aliphatic carbocycles. The average molecular weight is 253 g/mol. The molecule has 0 saturated carbocycles. The maximum absolute atomic E-state index is 8.73. The summed E-state index contributed by atoms with van der Waals surface area (Å²) >= 11 is 0. The van der Waals surface area contributed by atoms with Crippen LogP contribution in [0, 0.1) is 11.3 Å². The van der Waals surface area contributed by atoms with Gasteiger partial charge in [-0.05, 0) is 35.7 Å². The minimum atomic E-state index is 0.709. The molecule has 0 unspecified atom stereocenters. The van der Waals surface area contributed by atoms with Crippen molar-refractivity contribution in [2.75, 3.05) is 0 Å². The molecule has 0 radical (unpaired) electrons. The van der Waals surface area contributed by atoms with Crippen LogP contribution in [-0.2, 0) is 19.6 Å². The molecule has 0 fully saturated rings. The second kappa shape index (κ2) is 6.77. The molecule has 0 bridgehead atoms. The van der Waals surface area contributed by atoms with E-state index in [1.807, 2.05) is 24.3 Å². The van der Waals surface area contributed by atoms with Gasteiger partial charge in [-0.15, -0.1) is 0 Å². The summed E-state index contributed by atoms with van der Waals surface area (Å²) in [6, 6.07) is 12.0. The van der Waals surface area contributed by atoms with Crippen molar-refractivity contribution in [1.29, 1.82) is 5.26 Å². The van der Waals surface area contributed by atoms with Gasteiger partial charge in [0.05, 0.1) is 11.6 Å². The van der Waals surface area contributed by atoms with Gasteiger partial charge in [0.25, 0.3) is 0 Å². The Balaban J connectivity index is 1.80. The van der Waals surface area contributed by atoms with Crippen LogP contribution in [0.2, 0.25) is 0 Å². The molecule has 98 valence electrons. The van der Waals surface area contributed by atoms with Crippen LogP contribution in [0.25, 0.3) is 0 Å². The number of nitriles is 1. The van der Waals surface area contributed by atoms with Crippen molar-refractivity contribution in [2.45, 2.75) is 33.0 Å². The summed E-state index contributed by atoms with van der Waals surface area (Å²) in [5, 5.41) is 12.1. The zero-order chi connectivity index (χ0) is 13.5. The molecule has 0 saturated heterocycles. The van der Waals surface area contributed by atoms with Crippen LogP contribution < -0.4 is 5.32 Å². The fourth-order valence-corrected chi connectivity index (χ4v) is 2.04. The first-order valence-electron chi connectivity index (χ1n) is 6.66. The fourth-order valence-electron chi connectivity index (χ4n) is 2.04. The van der Waals surface area contributed by atoms with Crippen molar-refractivity contribution in [3.8, 4) is 6.07 Å². The molecule has 0 amide bonds. The number of rotatable bonds is 6. The first kappa shape index (κ1) is 13.4.